The van der Waals surface area contributed by atoms with E-state index in [2.05, 4.69) is 82.9 Å². The third-order valence-corrected chi connectivity index (χ3v) is 9.61. The molecule has 6 nitrogen and oxygen atoms in total. The van der Waals surface area contributed by atoms with Crippen molar-refractivity contribution in [3.05, 3.63) is 78.1 Å². The number of hydrogen-bond acceptors (Lipinski definition) is 5. The molecule has 3 aliphatic carbocycles. The van der Waals surface area contributed by atoms with Crippen LogP contribution in [0.3, 0.4) is 0 Å². The Kier molecular flexibility index (Phi) is 6.62. The van der Waals surface area contributed by atoms with Crippen LogP contribution in [0.1, 0.15) is 56.1 Å². The van der Waals surface area contributed by atoms with Crippen molar-refractivity contribution in [1.29, 1.82) is 0 Å². The average molecular weight is 524 g/mol. The van der Waals surface area contributed by atoms with E-state index in [-0.39, 0.29) is 18.0 Å². The number of nitrogens with zero attached hydrogens (tertiary/aromatic N) is 2. The summed E-state index contributed by atoms with van der Waals surface area (Å²) in [4.78, 5) is 19.5. The quantitative estimate of drug-likeness (QED) is 0.259. The highest BCUT2D eigenvalue weighted by Crippen LogP contribution is 2.88. The van der Waals surface area contributed by atoms with Crippen LogP contribution in [0.4, 0.5) is 11.4 Å². The van der Waals surface area contributed by atoms with Gasteiger partial charge in [-0.1, -0.05) is 30.9 Å². The Morgan fingerprint density at radius 2 is 2.13 bits per heavy atom. The first-order valence-corrected chi connectivity index (χ1v) is 14.4. The molecule has 2 unspecified atom stereocenters. The minimum absolute atomic E-state index is 0.0637. The Morgan fingerprint density at radius 3 is 2.82 bits per heavy atom. The van der Waals surface area contributed by atoms with Crippen LogP contribution in [0, 0.1) is 10.8 Å². The zero-order chi connectivity index (χ0) is 27.2. The Hall–Kier alpha value is -3.38. The first kappa shape index (κ1) is 25.9. The first-order valence-electron chi connectivity index (χ1n) is 14.4. The maximum absolute atomic E-state index is 12.2. The number of aryl methyl sites for hydroxylation is 1. The number of carbonyl (C=O) groups is 1. The number of fused-ring (bicyclic) bond motifs is 3. The molecule has 1 amide bonds. The third-order valence-electron chi connectivity index (χ3n) is 9.61. The Labute approximate surface area is 232 Å². The third kappa shape index (κ3) is 4.69. The molecule has 2 atom stereocenters. The van der Waals surface area contributed by atoms with Gasteiger partial charge in [0, 0.05) is 49.3 Å². The van der Waals surface area contributed by atoms with Crippen molar-refractivity contribution in [3.63, 3.8) is 0 Å². The van der Waals surface area contributed by atoms with Crippen LogP contribution >= 0.6 is 0 Å². The summed E-state index contributed by atoms with van der Waals surface area (Å²) in [6, 6.07) is 4.73. The molecule has 0 saturated heterocycles. The summed E-state index contributed by atoms with van der Waals surface area (Å²) in [5, 5.41) is 9.66. The van der Waals surface area contributed by atoms with Gasteiger partial charge in [0.15, 0.2) is 0 Å². The molecule has 3 N–H and O–H groups in total. The van der Waals surface area contributed by atoms with Gasteiger partial charge in [0.1, 0.15) is 0 Å². The van der Waals surface area contributed by atoms with Gasteiger partial charge in [0.25, 0.3) is 0 Å². The van der Waals surface area contributed by atoms with E-state index >= 15 is 0 Å². The highest BCUT2D eigenvalue weighted by Gasteiger charge is 2.80. The number of allylic oxidation sites excluding steroid dienone is 3. The molecule has 0 aromatic heterocycles. The fourth-order valence-electron chi connectivity index (χ4n) is 6.85. The number of nitrogens with one attached hydrogen (secondary N) is 3. The lowest BCUT2D eigenvalue weighted by Crippen LogP contribution is -2.34. The van der Waals surface area contributed by atoms with E-state index in [0.717, 1.165) is 49.2 Å². The van der Waals surface area contributed by atoms with Crippen molar-refractivity contribution in [1.82, 2.24) is 15.5 Å². The van der Waals surface area contributed by atoms with E-state index in [1.807, 2.05) is 14.1 Å². The van der Waals surface area contributed by atoms with Crippen LogP contribution in [0.25, 0.3) is 5.70 Å². The van der Waals surface area contributed by atoms with Gasteiger partial charge in [-0.2, -0.15) is 0 Å². The van der Waals surface area contributed by atoms with E-state index in [1.54, 1.807) is 0 Å². The summed E-state index contributed by atoms with van der Waals surface area (Å²) in [7, 11) is 3.91. The zero-order valence-corrected chi connectivity index (χ0v) is 23.4. The molecule has 39 heavy (non-hydrogen) atoms. The van der Waals surface area contributed by atoms with E-state index in [0.29, 0.717) is 17.3 Å². The molecule has 5 aliphatic rings. The van der Waals surface area contributed by atoms with Crippen LogP contribution in [0.2, 0.25) is 0 Å². The van der Waals surface area contributed by atoms with E-state index < -0.39 is 0 Å². The lowest BCUT2D eigenvalue weighted by molar-refractivity contribution is -0.121. The number of anilines is 1. The second kappa shape index (κ2) is 9.98. The standard InChI is InChI=1S/C33H41N5O/c1-5-32-20-33(32,21-32)13-12-24-16-30-28(17-29(24)35-4)22(2)38-19-25(15-27(38)18-36-30)23-8-10-26(11-9-23)37-31(39)7-6-14-34-3/h5,8-10,16-19,26-27,34-35H,1-2,6-7,11-15,20-21H2,3-4H3,(H,37,39). The Balaban J connectivity index is 1.12. The molecule has 1 aromatic rings. The van der Waals surface area contributed by atoms with Crippen molar-refractivity contribution in [2.24, 2.45) is 15.8 Å². The smallest absolute Gasteiger partial charge is 0.220 e. The molecule has 2 fully saturated rings. The van der Waals surface area contributed by atoms with Gasteiger partial charge in [-0.15, -0.1) is 6.58 Å². The first-order chi connectivity index (χ1) is 18.9. The fraction of sp³-hybridized carbons (Fsp3) is 0.455. The number of aliphatic imine (C=N–C) groups is 1. The summed E-state index contributed by atoms with van der Waals surface area (Å²) in [5.74, 6) is 0.116. The molecule has 6 heteroatoms. The van der Waals surface area contributed by atoms with Crippen LogP contribution in [-0.4, -0.2) is 49.7 Å². The van der Waals surface area contributed by atoms with E-state index in [4.69, 9.17) is 4.99 Å². The molecule has 0 radical (unpaired) electrons. The predicted octanol–water partition coefficient (Wildman–Crippen LogP) is 5.64. The Bertz CT molecular complexity index is 1330. The monoisotopic (exact) mass is 523 g/mol. The van der Waals surface area contributed by atoms with Crippen LogP contribution in [0.5, 0.6) is 0 Å². The predicted molar refractivity (Wildman–Crippen MR) is 161 cm³/mol. The topological polar surface area (TPSA) is 68.8 Å². The molecule has 0 bridgehead atoms. The van der Waals surface area contributed by atoms with Gasteiger partial charge in [0.05, 0.1) is 17.8 Å². The lowest BCUT2D eigenvalue weighted by Gasteiger charge is -2.24. The minimum atomic E-state index is 0.0637. The summed E-state index contributed by atoms with van der Waals surface area (Å²) in [6.45, 7) is 9.43. The number of rotatable bonds is 11. The van der Waals surface area contributed by atoms with Crippen molar-refractivity contribution in [2.45, 2.75) is 63.5 Å². The lowest BCUT2D eigenvalue weighted by atomic mass is 9.95. The highest BCUT2D eigenvalue weighted by atomic mass is 16.1. The maximum Gasteiger partial charge on any atom is 0.220 e. The number of benzene rings is 1. The normalized spacial score (nSPS) is 29.5. The van der Waals surface area contributed by atoms with Gasteiger partial charge in [-0.3, -0.25) is 9.79 Å². The molecule has 0 spiro atoms. The summed E-state index contributed by atoms with van der Waals surface area (Å²) >= 11 is 0. The van der Waals surface area contributed by atoms with Crippen molar-refractivity contribution in [3.8, 4) is 0 Å². The summed E-state index contributed by atoms with van der Waals surface area (Å²) < 4.78 is 0. The molecular weight excluding hydrogens is 482 g/mol. The molecule has 2 saturated carbocycles. The van der Waals surface area contributed by atoms with Gasteiger partial charge < -0.3 is 20.9 Å². The summed E-state index contributed by atoms with van der Waals surface area (Å²) in [5.41, 5.74) is 9.12. The summed E-state index contributed by atoms with van der Waals surface area (Å²) in [6.07, 6.45) is 21.1. The molecular formula is C33H41N5O. The molecule has 6 rings (SSSR count). The van der Waals surface area contributed by atoms with Crippen LogP contribution in [-0.2, 0) is 11.2 Å². The Morgan fingerprint density at radius 1 is 1.28 bits per heavy atom. The second-order valence-corrected chi connectivity index (χ2v) is 12.0. The van der Waals surface area contributed by atoms with Crippen molar-refractivity contribution < 1.29 is 4.79 Å². The molecule has 204 valence electrons. The van der Waals surface area contributed by atoms with Gasteiger partial charge in [0.2, 0.25) is 5.91 Å². The molecule has 1 aromatic carbocycles. The van der Waals surface area contributed by atoms with Crippen molar-refractivity contribution in [2.75, 3.05) is 26.0 Å². The van der Waals surface area contributed by atoms with E-state index in [9.17, 15) is 4.79 Å². The number of amides is 1. The number of carbonyl (C=O) groups excluding carboxylic acids is 1. The number of hydrogen-bond donors (Lipinski definition) is 3. The zero-order valence-electron chi connectivity index (χ0n) is 23.4. The van der Waals surface area contributed by atoms with Gasteiger partial charge in [-0.05, 0) is 91.8 Å². The largest absolute Gasteiger partial charge is 0.388 e. The van der Waals surface area contributed by atoms with Gasteiger partial charge in [-0.25, -0.2) is 0 Å². The SMILES string of the molecule is C=CC12CC1(CCc1cc3c(cc1NC)C(=C)N1C=C(C4=CCC(NC(=O)CCCNC)C=C4)CC1C=N3)C2. The minimum Gasteiger partial charge on any atom is -0.388 e. The highest BCUT2D eigenvalue weighted by molar-refractivity contribution is 5.86. The molecule has 2 aliphatic heterocycles. The molecule has 2 heterocycles. The maximum atomic E-state index is 12.2. The second-order valence-electron chi connectivity index (χ2n) is 12.0. The van der Waals surface area contributed by atoms with Gasteiger partial charge >= 0.3 is 0 Å². The van der Waals surface area contributed by atoms with E-state index in [1.165, 1.54) is 41.7 Å². The van der Waals surface area contributed by atoms with Crippen molar-refractivity contribution >= 4 is 29.2 Å². The average Bonchev–Trinajstić information content (AvgIpc) is 3.71. The fourth-order valence-corrected chi connectivity index (χ4v) is 6.85. The van der Waals surface area contributed by atoms with Crippen LogP contribution < -0.4 is 16.0 Å². The van der Waals surface area contributed by atoms with Crippen LogP contribution in [0.15, 0.2) is 71.9 Å².